The van der Waals surface area contributed by atoms with Crippen molar-refractivity contribution in [3.8, 4) is 0 Å². The Kier molecular flexibility index (Phi) is 6.85. The molecule has 1 aliphatic heterocycles. The summed E-state index contributed by atoms with van der Waals surface area (Å²) >= 11 is 0. The molecule has 0 aliphatic carbocycles. The zero-order valence-electron chi connectivity index (χ0n) is 18.6. The number of aromatic amines is 1. The highest BCUT2D eigenvalue weighted by Crippen LogP contribution is 2.29. The Bertz CT molecular complexity index is 1310. The van der Waals surface area contributed by atoms with Crippen molar-refractivity contribution in [3.63, 3.8) is 0 Å². The highest BCUT2D eigenvalue weighted by Gasteiger charge is 2.33. The normalized spacial score (nSPS) is 14.4. The lowest BCUT2D eigenvalue weighted by Crippen LogP contribution is -2.38. The fourth-order valence-corrected chi connectivity index (χ4v) is 4.03. The Morgan fingerprint density at radius 1 is 1.03 bits per heavy atom. The molecule has 5 rings (SSSR count). The smallest absolute Gasteiger partial charge is 0.363 e. The third kappa shape index (κ3) is 5.51. The summed E-state index contributed by atoms with van der Waals surface area (Å²) in [5.41, 5.74) is 6.59. The summed E-state index contributed by atoms with van der Waals surface area (Å²) in [4.78, 5) is 34.1. The number of halogens is 3. The Labute approximate surface area is 198 Å². The number of pyridine rings is 1. The maximum atomic E-state index is 12.8. The minimum absolute atomic E-state index is 0.114. The number of nitrogens with one attached hydrogen (secondary N) is 1. The second-order valence-corrected chi connectivity index (χ2v) is 8.09. The van der Waals surface area contributed by atoms with Crippen LogP contribution < -0.4 is 5.73 Å². The molecule has 2 amide bonds. The maximum Gasteiger partial charge on any atom is 0.432 e. The number of carbonyl (C=O) groups is 2. The first-order valence-electron chi connectivity index (χ1n) is 10.9. The number of benzene rings is 1. The average Bonchev–Trinajstić information content (AvgIpc) is 3.55. The fraction of sp³-hybridized carbons (Fsp3) is 0.250. The number of amides is 2. The molecule has 11 heteroatoms. The van der Waals surface area contributed by atoms with Gasteiger partial charge >= 0.3 is 6.18 Å². The second-order valence-electron chi connectivity index (χ2n) is 8.09. The molecule has 35 heavy (non-hydrogen) atoms. The molecule has 0 radical (unpaired) electrons. The molecule has 3 N–H and O–H groups in total. The number of likely N-dealkylation sites (tertiary alicyclic amines) is 1. The Hall–Kier alpha value is -4.15. The van der Waals surface area contributed by atoms with Crippen LogP contribution in [0.1, 0.15) is 51.0 Å². The van der Waals surface area contributed by atoms with Gasteiger partial charge in [0, 0.05) is 19.3 Å². The summed E-state index contributed by atoms with van der Waals surface area (Å²) in [5, 5.41) is 0. The molecule has 1 fully saturated rings. The van der Waals surface area contributed by atoms with Crippen molar-refractivity contribution in [2.24, 2.45) is 5.73 Å². The molecule has 4 aromatic rings. The lowest BCUT2D eigenvalue weighted by Gasteiger charge is -2.32. The highest BCUT2D eigenvalue weighted by molar-refractivity contribution is 6.00. The number of carbonyl (C=O) groups excluding carboxylic acids is 2. The third-order valence-corrected chi connectivity index (χ3v) is 5.85. The van der Waals surface area contributed by atoms with Crippen LogP contribution in [0, 0.1) is 0 Å². The third-order valence-electron chi connectivity index (χ3n) is 5.85. The van der Waals surface area contributed by atoms with Crippen LogP contribution >= 0.6 is 0 Å². The molecule has 4 heterocycles. The van der Waals surface area contributed by atoms with E-state index in [-0.39, 0.29) is 5.91 Å². The molecule has 182 valence electrons. The van der Waals surface area contributed by atoms with E-state index < -0.39 is 23.6 Å². The number of alkyl halides is 3. The summed E-state index contributed by atoms with van der Waals surface area (Å²) in [5.74, 6) is -0.846. The molecule has 0 saturated carbocycles. The molecule has 8 nitrogen and oxygen atoms in total. The predicted molar refractivity (Wildman–Crippen MR) is 122 cm³/mol. The standard InChI is InChI=1S/C19H19N3O.C5H4F3N3O/c23-19(17-7-4-10-22-14-20-13-18(17)22)21-11-8-16(9-12-21)15-5-2-1-3-6-15;6-5(7,8)2-1-10-4(11-2)3(9)12/h1-7,10,13-14,16H,8-9,11-12H2;1H,(H2,9,12)(H,10,11). The van der Waals surface area contributed by atoms with Crippen LogP contribution in [-0.2, 0) is 6.18 Å². The minimum Gasteiger partial charge on any atom is -0.363 e. The zero-order chi connectivity index (χ0) is 25.0. The van der Waals surface area contributed by atoms with Crippen LogP contribution in [0.25, 0.3) is 5.52 Å². The Morgan fingerprint density at radius 3 is 2.34 bits per heavy atom. The van der Waals surface area contributed by atoms with Crippen molar-refractivity contribution < 1.29 is 22.8 Å². The van der Waals surface area contributed by atoms with E-state index in [0.717, 1.165) is 37.0 Å². The van der Waals surface area contributed by atoms with Gasteiger partial charge < -0.3 is 20.0 Å². The SMILES string of the molecule is NC(=O)c1ncc(C(F)(F)F)[nH]1.O=C(c1cccn2cncc12)N1CCC(c2ccccc2)CC1. The summed E-state index contributed by atoms with van der Waals surface area (Å²) < 4.78 is 37.4. The number of primary amides is 1. The van der Waals surface area contributed by atoms with Crippen LogP contribution in [0.3, 0.4) is 0 Å². The van der Waals surface area contributed by atoms with Crippen LogP contribution in [0.4, 0.5) is 13.2 Å². The van der Waals surface area contributed by atoms with Gasteiger partial charge in [-0.15, -0.1) is 0 Å². The van der Waals surface area contributed by atoms with Gasteiger partial charge in [-0.3, -0.25) is 9.59 Å². The first-order chi connectivity index (χ1) is 16.7. The van der Waals surface area contributed by atoms with E-state index in [4.69, 9.17) is 0 Å². The summed E-state index contributed by atoms with van der Waals surface area (Å²) in [7, 11) is 0. The average molecular weight is 484 g/mol. The number of piperidine rings is 1. The number of rotatable bonds is 3. The first kappa shape index (κ1) is 24.0. The molecule has 3 aromatic heterocycles. The van der Waals surface area contributed by atoms with E-state index in [2.05, 4.69) is 40.0 Å². The number of hydrogen-bond donors (Lipinski definition) is 2. The van der Waals surface area contributed by atoms with E-state index in [0.29, 0.717) is 12.1 Å². The van der Waals surface area contributed by atoms with Crippen LogP contribution in [0.2, 0.25) is 0 Å². The Balaban J connectivity index is 0.000000204. The van der Waals surface area contributed by atoms with Gasteiger partial charge in [-0.2, -0.15) is 13.2 Å². The molecule has 0 spiro atoms. The molecule has 0 unspecified atom stereocenters. The van der Waals surface area contributed by atoms with Crippen LogP contribution in [0.15, 0.2) is 67.4 Å². The lowest BCUT2D eigenvalue weighted by molar-refractivity contribution is -0.140. The van der Waals surface area contributed by atoms with Crippen molar-refractivity contribution in [2.75, 3.05) is 13.1 Å². The van der Waals surface area contributed by atoms with E-state index in [9.17, 15) is 22.8 Å². The molecular formula is C24H23F3N6O2. The van der Waals surface area contributed by atoms with Crippen molar-refractivity contribution in [1.82, 2.24) is 24.3 Å². The number of fused-ring (bicyclic) bond motifs is 1. The topological polar surface area (TPSA) is 109 Å². The quantitative estimate of drug-likeness (QED) is 0.460. The van der Waals surface area contributed by atoms with Gasteiger partial charge in [0.15, 0.2) is 5.82 Å². The van der Waals surface area contributed by atoms with E-state index in [1.807, 2.05) is 33.7 Å². The number of aromatic nitrogens is 4. The number of nitrogens with two attached hydrogens (primary N) is 1. The van der Waals surface area contributed by atoms with Gasteiger partial charge in [0.25, 0.3) is 11.8 Å². The summed E-state index contributed by atoms with van der Waals surface area (Å²) in [6.45, 7) is 1.63. The molecule has 1 saturated heterocycles. The number of imidazole rings is 2. The van der Waals surface area contributed by atoms with Crippen molar-refractivity contribution in [3.05, 3.63) is 90.0 Å². The highest BCUT2D eigenvalue weighted by atomic mass is 19.4. The van der Waals surface area contributed by atoms with Gasteiger partial charge in [0.2, 0.25) is 0 Å². The van der Waals surface area contributed by atoms with Gasteiger partial charge in [-0.05, 0) is 36.5 Å². The summed E-state index contributed by atoms with van der Waals surface area (Å²) in [6, 6.07) is 14.4. The molecule has 1 aromatic carbocycles. The fourth-order valence-electron chi connectivity index (χ4n) is 4.03. The first-order valence-corrected chi connectivity index (χ1v) is 10.9. The molecule has 0 atom stereocenters. The number of H-pyrrole nitrogens is 1. The molecule has 1 aliphatic rings. The summed E-state index contributed by atoms with van der Waals surface area (Å²) in [6.07, 6.45) is 3.44. The van der Waals surface area contributed by atoms with Crippen LogP contribution in [0.5, 0.6) is 0 Å². The van der Waals surface area contributed by atoms with E-state index in [1.165, 1.54) is 5.56 Å². The monoisotopic (exact) mass is 484 g/mol. The zero-order valence-corrected chi connectivity index (χ0v) is 18.6. The lowest BCUT2D eigenvalue weighted by atomic mass is 9.89. The largest absolute Gasteiger partial charge is 0.432 e. The maximum absolute atomic E-state index is 12.8. The second kappa shape index (κ2) is 10.00. The van der Waals surface area contributed by atoms with Gasteiger partial charge in [0.1, 0.15) is 5.69 Å². The molecular weight excluding hydrogens is 461 g/mol. The van der Waals surface area contributed by atoms with Gasteiger partial charge in [0.05, 0.1) is 29.8 Å². The van der Waals surface area contributed by atoms with Gasteiger partial charge in [-0.25, -0.2) is 9.97 Å². The van der Waals surface area contributed by atoms with Gasteiger partial charge in [-0.1, -0.05) is 30.3 Å². The van der Waals surface area contributed by atoms with Crippen molar-refractivity contribution in [2.45, 2.75) is 24.9 Å². The minimum atomic E-state index is -4.53. The Morgan fingerprint density at radius 2 is 1.74 bits per heavy atom. The predicted octanol–water partition coefficient (Wildman–Crippen LogP) is 3.88. The van der Waals surface area contributed by atoms with Crippen LogP contribution in [-0.4, -0.2) is 49.2 Å². The molecule has 0 bridgehead atoms. The van der Waals surface area contributed by atoms with Crippen molar-refractivity contribution >= 4 is 17.3 Å². The van der Waals surface area contributed by atoms with Crippen molar-refractivity contribution in [1.29, 1.82) is 0 Å². The van der Waals surface area contributed by atoms with E-state index in [1.54, 1.807) is 17.5 Å². The number of nitrogens with zero attached hydrogens (tertiary/aromatic N) is 4. The van der Waals surface area contributed by atoms with E-state index >= 15 is 0 Å². The number of hydrogen-bond acceptors (Lipinski definition) is 4.